The molecule has 0 atom stereocenters. The Kier molecular flexibility index (Phi) is 7.71. The van der Waals surface area contributed by atoms with Gasteiger partial charge in [0.15, 0.2) is 0 Å². The van der Waals surface area contributed by atoms with Crippen LogP contribution in [0.3, 0.4) is 0 Å². The van der Waals surface area contributed by atoms with E-state index in [1.165, 1.54) is 6.42 Å². The van der Waals surface area contributed by atoms with Crippen molar-refractivity contribution in [2.75, 3.05) is 40.8 Å². The molecule has 0 heterocycles. The number of hydrogen-bond acceptors (Lipinski definition) is 3. The fourth-order valence-corrected chi connectivity index (χ4v) is 27.7. The van der Waals surface area contributed by atoms with Crippen molar-refractivity contribution in [3.8, 4) is 0 Å². The van der Waals surface area contributed by atoms with Crippen LogP contribution in [0.15, 0.2) is 24.3 Å². The number of rotatable bonds is 9. The monoisotopic (exact) mass is 475 g/mol. The van der Waals surface area contributed by atoms with Gasteiger partial charge in [-0.1, -0.05) is 0 Å². The molecule has 0 saturated heterocycles. The summed E-state index contributed by atoms with van der Waals surface area (Å²) < 4.78 is 8.45. The second kappa shape index (κ2) is 8.36. The predicted octanol–water partition coefficient (Wildman–Crippen LogP) is 4.07. The van der Waals surface area contributed by atoms with Gasteiger partial charge in [0, 0.05) is 0 Å². The molecule has 0 aromatic carbocycles. The molecule has 1 rings (SSSR count). The molecule has 4 heteroatoms. The van der Waals surface area contributed by atoms with Gasteiger partial charge in [0.2, 0.25) is 0 Å². The zero-order valence-corrected chi connectivity index (χ0v) is 19.6. The zero-order chi connectivity index (χ0) is 17.0. The first-order valence-electron chi connectivity index (χ1n) is 8.83. The van der Waals surface area contributed by atoms with Gasteiger partial charge in [0.1, 0.15) is 0 Å². The minimum atomic E-state index is -3.21. The van der Waals surface area contributed by atoms with Crippen LogP contribution in [0, 0.1) is 5.92 Å². The van der Waals surface area contributed by atoms with Gasteiger partial charge in [0.25, 0.3) is 0 Å². The third-order valence-electron chi connectivity index (χ3n) is 5.29. The molecule has 0 unspecified atom stereocenters. The molecule has 1 aliphatic carbocycles. The second-order valence-corrected chi connectivity index (χ2v) is 23.2. The van der Waals surface area contributed by atoms with E-state index in [4.69, 9.17) is 0 Å². The van der Waals surface area contributed by atoms with Gasteiger partial charge in [-0.2, -0.15) is 0 Å². The second-order valence-electron chi connectivity index (χ2n) is 7.03. The summed E-state index contributed by atoms with van der Waals surface area (Å²) in [4.78, 5) is 0. The Hall–Kier alpha value is 0.230. The quantitative estimate of drug-likeness (QED) is 0.467. The summed E-state index contributed by atoms with van der Waals surface area (Å²) in [7, 11) is 7.09. The third-order valence-corrected chi connectivity index (χ3v) is 26.6. The Morgan fingerprint density at radius 1 is 0.818 bits per heavy atom. The van der Waals surface area contributed by atoms with Crippen molar-refractivity contribution >= 4 is 0 Å². The van der Waals surface area contributed by atoms with Crippen molar-refractivity contribution in [2.24, 2.45) is 5.92 Å². The van der Waals surface area contributed by atoms with Gasteiger partial charge in [0.05, 0.1) is 0 Å². The molecule has 0 amide bonds. The topological polar surface area (TPSA) is 9.72 Å². The molecule has 3 nitrogen and oxygen atoms in total. The normalized spacial score (nSPS) is 17.6. The summed E-state index contributed by atoms with van der Waals surface area (Å²) in [6.45, 7) is 15.0. The summed E-state index contributed by atoms with van der Waals surface area (Å²) in [6, 6.07) is 0. The molecule has 0 bridgehead atoms. The van der Waals surface area contributed by atoms with Gasteiger partial charge < -0.3 is 0 Å². The third kappa shape index (κ3) is 3.35. The minimum absolute atomic E-state index is 0.238. The summed E-state index contributed by atoms with van der Waals surface area (Å²) in [5, 5.41) is 0. The van der Waals surface area contributed by atoms with Crippen LogP contribution in [0.4, 0.5) is 0 Å². The molecular formula is C18H37HfN3. The average Bonchev–Trinajstić information content (AvgIpc) is 2.95. The molecule has 0 aromatic rings. The zero-order valence-electron chi connectivity index (χ0n) is 16.1. The van der Waals surface area contributed by atoms with E-state index in [1.807, 2.05) is 0 Å². The van der Waals surface area contributed by atoms with Crippen LogP contribution in [0.2, 0.25) is 3.17 Å². The number of allylic oxidation sites excluding steroid dienone is 4. The van der Waals surface area contributed by atoms with Crippen molar-refractivity contribution in [1.82, 2.24) is 8.66 Å². The molecule has 0 aliphatic heterocycles. The summed E-state index contributed by atoms with van der Waals surface area (Å²) in [6.07, 6.45) is 10.9. The molecule has 0 saturated carbocycles. The van der Waals surface area contributed by atoms with Gasteiger partial charge in [-0.3, -0.25) is 0 Å². The maximum atomic E-state index is 2.74. The van der Waals surface area contributed by atoms with E-state index in [-0.39, 0.29) is 3.17 Å². The van der Waals surface area contributed by atoms with Crippen molar-refractivity contribution in [3.63, 3.8) is 0 Å². The van der Waals surface area contributed by atoms with Crippen molar-refractivity contribution in [1.29, 1.82) is 0 Å². The van der Waals surface area contributed by atoms with Gasteiger partial charge in [-0.05, 0) is 0 Å². The van der Waals surface area contributed by atoms with Crippen LogP contribution in [-0.2, 0) is 20.8 Å². The van der Waals surface area contributed by atoms with Crippen LogP contribution < -0.4 is 0 Å². The van der Waals surface area contributed by atoms with E-state index < -0.39 is 20.8 Å². The molecule has 22 heavy (non-hydrogen) atoms. The Balaban J connectivity index is 3.57. The molecular weight excluding hydrogens is 437 g/mol. The van der Waals surface area contributed by atoms with Crippen molar-refractivity contribution in [2.45, 2.75) is 44.2 Å². The van der Waals surface area contributed by atoms with E-state index >= 15 is 0 Å². The standard InChI is InChI=1S/C9H13.3C3H8N.Hf/c1-8(2)7-9-5-3-4-6-9;3*1-3-4-2;/h3-6,8H,7H2,1-2H3;3*3H2,1-2H3;/q;3*-1;+3. The van der Waals surface area contributed by atoms with Crippen LogP contribution in [0.25, 0.3) is 0 Å². The van der Waals surface area contributed by atoms with Crippen molar-refractivity contribution < 1.29 is 20.8 Å². The molecule has 0 aromatic heterocycles. The first kappa shape index (κ1) is 20.3. The molecule has 0 N–H and O–H groups in total. The molecule has 128 valence electrons. The molecule has 1 aliphatic rings. The van der Waals surface area contributed by atoms with Crippen LogP contribution in [0.5, 0.6) is 0 Å². The van der Waals surface area contributed by atoms with Crippen LogP contribution in [0.1, 0.15) is 41.0 Å². The average molecular weight is 474 g/mol. The number of hydrogen-bond donors (Lipinski definition) is 0. The first-order valence-corrected chi connectivity index (χ1v) is 15.4. The number of nitrogens with zero attached hydrogens (tertiary/aromatic N) is 3. The van der Waals surface area contributed by atoms with E-state index in [0.717, 1.165) is 19.6 Å². The molecule has 0 radical (unpaired) electrons. The van der Waals surface area contributed by atoms with Crippen LogP contribution >= 0.6 is 0 Å². The first-order chi connectivity index (χ1) is 10.3. The van der Waals surface area contributed by atoms with E-state index in [1.54, 1.807) is 0 Å². The summed E-state index contributed by atoms with van der Waals surface area (Å²) in [5.74, 6) is 0.701. The molecule has 0 fully saturated rings. The summed E-state index contributed by atoms with van der Waals surface area (Å²) >= 11 is -3.21. The predicted molar refractivity (Wildman–Crippen MR) is 95.3 cm³/mol. The van der Waals surface area contributed by atoms with Crippen molar-refractivity contribution in [3.05, 3.63) is 24.3 Å². The van der Waals surface area contributed by atoms with Crippen LogP contribution in [-0.4, -0.2) is 49.4 Å². The van der Waals surface area contributed by atoms with E-state index in [2.05, 4.69) is 88.7 Å². The van der Waals surface area contributed by atoms with Gasteiger partial charge >= 0.3 is 145 Å². The maximum absolute atomic E-state index is 3.21. The Morgan fingerprint density at radius 2 is 1.18 bits per heavy atom. The van der Waals surface area contributed by atoms with E-state index in [0.29, 0.717) is 5.92 Å². The Morgan fingerprint density at radius 3 is 1.45 bits per heavy atom. The van der Waals surface area contributed by atoms with E-state index in [9.17, 15) is 0 Å². The van der Waals surface area contributed by atoms with Gasteiger partial charge in [-0.15, -0.1) is 0 Å². The van der Waals surface area contributed by atoms with Gasteiger partial charge in [-0.25, -0.2) is 0 Å². The fourth-order valence-electron chi connectivity index (χ4n) is 4.28. The fraction of sp³-hybridized carbons (Fsp3) is 0.778. The SMILES string of the molecule is CC[N](C)[Hf]([N](C)CC)([N](C)CC)[C]1(CC(C)C)C=CC=C1. The Labute approximate surface area is 144 Å². The molecule has 0 spiro atoms. The summed E-state index contributed by atoms with van der Waals surface area (Å²) in [5.41, 5.74) is 0. The Bertz CT molecular complexity index is 365.